The number of fused-ring (bicyclic) bond motifs is 1. The Morgan fingerprint density at radius 2 is 1.76 bits per heavy atom. The summed E-state index contributed by atoms with van der Waals surface area (Å²) in [4.78, 5) is 0. The fourth-order valence-electron chi connectivity index (χ4n) is 2.22. The van der Waals surface area contributed by atoms with E-state index in [4.69, 9.17) is 32.7 Å². The molecule has 21 heavy (non-hydrogen) atoms. The minimum atomic E-state index is -0.552. The van der Waals surface area contributed by atoms with Gasteiger partial charge < -0.3 is 9.47 Å². The highest BCUT2D eigenvalue weighted by Crippen LogP contribution is 2.41. The summed E-state index contributed by atoms with van der Waals surface area (Å²) >= 11 is 12.7. The maximum absolute atomic E-state index is 13.7. The summed E-state index contributed by atoms with van der Waals surface area (Å²) in [6.07, 6.45) is 0. The molecule has 0 N–H and O–H groups in total. The van der Waals surface area contributed by atoms with Gasteiger partial charge in [0.25, 0.3) is 0 Å². The van der Waals surface area contributed by atoms with Gasteiger partial charge in [-0.15, -0.1) is 11.6 Å². The summed E-state index contributed by atoms with van der Waals surface area (Å²) in [6, 6.07) is 8.37. The third kappa shape index (κ3) is 2.81. The van der Waals surface area contributed by atoms with Gasteiger partial charge in [0.1, 0.15) is 19.0 Å². The largest absolute Gasteiger partial charge is 0.486 e. The van der Waals surface area contributed by atoms with Crippen molar-refractivity contribution in [2.45, 2.75) is 12.3 Å². The van der Waals surface area contributed by atoms with Crippen molar-refractivity contribution in [1.82, 2.24) is 0 Å². The zero-order valence-corrected chi connectivity index (χ0v) is 12.8. The van der Waals surface area contributed by atoms with Crippen LogP contribution in [0.1, 0.15) is 22.1 Å². The topological polar surface area (TPSA) is 18.5 Å². The molecule has 0 aromatic heterocycles. The first-order valence-electron chi connectivity index (χ1n) is 6.55. The number of aryl methyl sites for hydroxylation is 1. The van der Waals surface area contributed by atoms with Crippen molar-refractivity contribution in [3.63, 3.8) is 0 Å². The number of ether oxygens (including phenoxy) is 2. The lowest BCUT2D eigenvalue weighted by atomic mass is 10.0. The number of hydrogen-bond acceptors (Lipinski definition) is 2. The summed E-state index contributed by atoms with van der Waals surface area (Å²) < 4.78 is 24.7. The van der Waals surface area contributed by atoms with Gasteiger partial charge in [-0.1, -0.05) is 23.7 Å². The molecule has 0 saturated heterocycles. The predicted molar refractivity (Wildman–Crippen MR) is 81.3 cm³/mol. The van der Waals surface area contributed by atoms with Gasteiger partial charge in [0.2, 0.25) is 0 Å². The lowest BCUT2D eigenvalue weighted by molar-refractivity contribution is 0.171. The second-order valence-electron chi connectivity index (χ2n) is 4.89. The van der Waals surface area contributed by atoms with Gasteiger partial charge in [-0.3, -0.25) is 0 Å². The minimum Gasteiger partial charge on any atom is -0.486 e. The van der Waals surface area contributed by atoms with E-state index in [1.54, 1.807) is 31.2 Å². The van der Waals surface area contributed by atoms with E-state index < -0.39 is 5.38 Å². The molecule has 110 valence electrons. The number of rotatable bonds is 2. The molecule has 0 radical (unpaired) electrons. The van der Waals surface area contributed by atoms with Gasteiger partial charge in [-0.25, -0.2) is 4.39 Å². The van der Waals surface area contributed by atoms with Crippen LogP contribution in [0, 0.1) is 12.7 Å². The van der Waals surface area contributed by atoms with Gasteiger partial charge in [-0.05, 0) is 35.7 Å². The van der Waals surface area contributed by atoms with Crippen molar-refractivity contribution in [2.24, 2.45) is 0 Å². The fourth-order valence-corrected chi connectivity index (χ4v) is 2.86. The Kier molecular flexibility index (Phi) is 3.96. The van der Waals surface area contributed by atoms with Crippen molar-refractivity contribution in [3.8, 4) is 11.5 Å². The monoisotopic (exact) mass is 326 g/mol. The molecule has 2 nitrogen and oxygen atoms in total. The molecule has 2 aromatic carbocycles. The van der Waals surface area contributed by atoms with Crippen molar-refractivity contribution in [2.75, 3.05) is 13.2 Å². The molecule has 0 aliphatic carbocycles. The van der Waals surface area contributed by atoms with Crippen LogP contribution < -0.4 is 9.47 Å². The summed E-state index contributed by atoms with van der Waals surface area (Å²) in [5.41, 5.74) is 1.90. The molecule has 0 saturated carbocycles. The lowest BCUT2D eigenvalue weighted by Gasteiger charge is -2.21. The van der Waals surface area contributed by atoms with E-state index in [9.17, 15) is 4.39 Å². The fraction of sp³-hybridized carbons (Fsp3) is 0.250. The maximum atomic E-state index is 13.7. The van der Waals surface area contributed by atoms with Crippen LogP contribution in [0.3, 0.4) is 0 Å². The van der Waals surface area contributed by atoms with E-state index in [1.165, 1.54) is 6.07 Å². The predicted octanol–water partition coefficient (Wildman–Crippen LogP) is 4.89. The Morgan fingerprint density at radius 1 is 1.10 bits per heavy atom. The first-order chi connectivity index (χ1) is 10.1. The van der Waals surface area contributed by atoms with E-state index in [0.29, 0.717) is 46.4 Å². The molecule has 0 bridgehead atoms. The molecular formula is C16H13Cl2FO2. The van der Waals surface area contributed by atoms with Gasteiger partial charge in [-0.2, -0.15) is 0 Å². The van der Waals surface area contributed by atoms with Crippen LogP contribution in [0.25, 0.3) is 0 Å². The van der Waals surface area contributed by atoms with Crippen molar-refractivity contribution >= 4 is 23.2 Å². The van der Waals surface area contributed by atoms with E-state index >= 15 is 0 Å². The van der Waals surface area contributed by atoms with Crippen LogP contribution in [-0.4, -0.2) is 13.2 Å². The average Bonchev–Trinajstić information content (AvgIpc) is 2.48. The molecule has 2 aromatic rings. The van der Waals surface area contributed by atoms with E-state index in [2.05, 4.69) is 0 Å². The van der Waals surface area contributed by atoms with Crippen LogP contribution >= 0.6 is 23.2 Å². The molecule has 1 aliphatic rings. The highest BCUT2D eigenvalue weighted by atomic mass is 35.5. The summed E-state index contributed by atoms with van der Waals surface area (Å²) in [7, 11) is 0. The van der Waals surface area contributed by atoms with Crippen LogP contribution in [0.5, 0.6) is 11.5 Å². The summed E-state index contributed by atoms with van der Waals surface area (Å²) in [6.45, 7) is 2.69. The van der Waals surface area contributed by atoms with Crippen molar-refractivity contribution in [1.29, 1.82) is 0 Å². The van der Waals surface area contributed by atoms with Crippen molar-refractivity contribution < 1.29 is 13.9 Å². The Labute approximate surface area is 132 Å². The normalized spacial score (nSPS) is 14.9. The first kappa shape index (κ1) is 14.5. The number of benzene rings is 2. The third-order valence-corrected chi connectivity index (χ3v) is 4.24. The molecule has 1 aliphatic heterocycles. The van der Waals surface area contributed by atoms with E-state index in [-0.39, 0.29) is 5.82 Å². The van der Waals surface area contributed by atoms with Gasteiger partial charge >= 0.3 is 0 Å². The van der Waals surface area contributed by atoms with Crippen LogP contribution in [0.15, 0.2) is 30.3 Å². The van der Waals surface area contributed by atoms with Crippen LogP contribution in [-0.2, 0) is 0 Å². The molecule has 3 rings (SSSR count). The minimum absolute atomic E-state index is 0.285. The third-order valence-electron chi connectivity index (χ3n) is 3.42. The summed E-state index contributed by atoms with van der Waals surface area (Å²) in [5.74, 6) is 0.930. The summed E-state index contributed by atoms with van der Waals surface area (Å²) in [5, 5.41) is -0.0799. The molecule has 1 unspecified atom stereocenters. The molecule has 1 heterocycles. The highest BCUT2D eigenvalue weighted by molar-refractivity contribution is 6.33. The van der Waals surface area contributed by atoms with Crippen LogP contribution in [0.2, 0.25) is 5.02 Å². The van der Waals surface area contributed by atoms with E-state index in [1.807, 2.05) is 0 Å². The second kappa shape index (κ2) is 5.74. The zero-order chi connectivity index (χ0) is 15.0. The lowest BCUT2D eigenvalue weighted by Crippen LogP contribution is -2.15. The molecule has 0 fully saturated rings. The molecule has 0 amide bonds. The smallest absolute Gasteiger partial charge is 0.162 e. The standard InChI is InChI=1S/C16H13Cl2FO2/c1-9-2-3-10(6-13(9)19)16(18)11-7-14-15(8-12(11)17)21-5-4-20-14/h2-3,6-8,16H,4-5H2,1H3. The Bertz CT molecular complexity index is 688. The number of alkyl halides is 1. The highest BCUT2D eigenvalue weighted by Gasteiger charge is 2.21. The van der Waals surface area contributed by atoms with Crippen LogP contribution in [0.4, 0.5) is 4.39 Å². The van der Waals surface area contributed by atoms with Gasteiger partial charge in [0.15, 0.2) is 11.5 Å². The molecular weight excluding hydrogens is 314 g/mol. The second-order valence-corrected chi connectivity index (χ2v) is 5.73. The maximum Gasteiger partial charge on any atom is 0.162 e. The van der Waals surface area contributed by atoms with Gasteiger partial charge in [0.05, 0.1) is 5.38 Å². The number of hydrogen-bond donors (Lipinski definition) is 0. The average molecular weight is 327 g/mol. The molecule has 5 heteroatoms. The zero-order valence-electron chi connectivity index (χ0n) is 11.3. The van der Waals surface area contributed by atoms with E-state index in [0.717, 1.165) is 0 Å². The van der Waals surface area contributed by atoms with Gasteiger partial charge in [0, 0.05) is 11.1 Å². The molecule has 0 spiro atoms. The quantitative estimate of drug-likeness (QED) is 0.732. The number of halogens is 3. The molecule has 1 atom stereocenters. The first-order valence-corrected chi connectivity index (χ1v) is 7.37. The Hall–Kier alpha value is -1.45. The Balaban J connectivity index is 2.00. The SMILES string of the molecule is Cc1ccc(C(Cl)c2cc3c(cc2Cl)OCCO3)cc1F. The van der Waals surface area contributed by atoms with Crippen molar-refractivity contribution in [3.05, 3.63) is 57.9 Å². The Morgan fingerprint density at radius 3 is 2.43 bits per heavy atom.